The minimum absolute atomic E-state index is 0.0912. The van der Waals surface area contributed by atoms with Crippen molar-refractivity contribution in [3.05, 3.63) is 68.9 Å². The van der Waals surface area contributed by atoms with E-state index >= 15 is 0 Å². The highest BCUT2D eigenvalue weighted by molar-refractivity contribution is 14.1. The summed E-state index contributed by atoms with van der Waals surface area (Å²) >= 11 is 7.49. The smallest absolute Gasteiger partial charge is 0.276 e. The maximum absolute atomic E-state index is 12.2. The number of likely N-dealkylation sites (N-methyl/N-ethyl adjacent to an activating group) is 2. The van der Waals surface area contributed by atoms with Crippen LogP contribution in [0.25, 0.3) is 6.08 Å². The normalized spacial score (nSPS) is 16.0. The van der Waals surface area contributed by atoms with Gasteiger partial charge in [0, 0.05) is 17.7 Å². The number of thiocarbonyl (C=S) groups is 1. The molecule has 6 heteroatoms. The van der Waals surface area contributed by atoms with Crippen molar-refractivity contribution in [2.24, 2.45) is 0 Å². The van der Waals surface area contributed by atoms with Crippen molar-refractivity contribution >= 4 is 51.9 Å². The Kier molecular flexibility index (Phi) is 5.39. The highest BCUT2D eigenvalue weighted by Gasteiger charge is 2.32. The lowest BCUT2D eigenvalue weighted by Crippen LogP contribution is -2.26. The molecule has 0 bridgehead atoms. The molecule has 0 N–H and O–H groups in total. The van der Waals surface area contributed by atoms with Gasteiger partial charge in [-0.05, 0) is 76.3 Å². The molecule has 1 aliphatic heterocycles. The minimum Gasteiger partial charge on any atom is -0.489 e. The summed E-state index contributed by atoms with van der Waals surface area (Å²) in [5.74, 6) is 0.700. The number of carbonyl (C=O) groups is 1. The van der Waals surface area contributed by atoms with Gasteiger partial charge >= 0.3 is 0 Å². The molecule has 1 fully saturated rings. The van der Waals surface area contributed by atoms with Crippen molar-refractivity contribution in [3.63, 3.8) is 0 Å². The summed E-state index contributed by atoms with van der Waals surface area (Å²) in [6.07, 6.45) is 1.83. The molecule has 1 amide bonds. The van der Waals surface area contributed by atoms with Crippen LogP contribution in [-0.2, 0) is 11.4 Å². The maximum atomic E-state index is 12.2. The Morgan fingerprint density at radius 2 is 1.68 bits per heavy atom. The van der Waals surface area contributed by atoms with Gasteiger partial charge in [-0.1, -0.05) is 24.3 Å². The van der Waals surface area contributed by atoms with Crippen LogP contribution in [0.5, 0.6) is 5.75 Å². The maximum Gasteiger partial charge on any atom is 0.276 e. The minimum atomic E-state index is -0.0912. The van der Waals surface area contributed by atoms with Crippen molar-refractivity contribution in [2.75, 3.05) is 14.1 Å². The first-order valence-corrected chi connectivity index (χ1v) is 9.19. The molecule has 1 saturated heterocycles. The van der Waals surface area contributed by atoms with E-state index in [4.69, 9.17) is 17.0 Å². The van der Waals surface area contributed by atoms with Crippen LogP contribution in [0.2, 0.25) is 0 Å². The molecule has 0 spiro atoms. The molecule has 3 rings (SSSR count). The molecule has 0 aliphatic carbocycles. The highest BCUT2D eigenvalue weighted by Crippen LogP contribution is 2.22. The van der Waals surface area contributed by atoms with Crippen molar-refractivity contribution in [3.8, 4) is 5.75 Å². The second-order valence-electron chi connectivity index (χ2n) is 5.72. The van der Waals surface area contributed by atoms with Gasteiger partial charge in [-0.2, -0.15) is 0 Å². The predicted molar refractivity (Wildman–Crippen MR) is 111 cm³/mol. The zero-order chi connectivity index (χ0) is 18.0. The molecule has 0 radical (unpaired) electrons. The fraction of sp³-hybridized carbons (Fsp3) is 0.158. The Bertz CT molecular complexity index is 832. The topological polar surface area (TPSA) is 32.8 Å². The molecular weight excluding hydrogens is 447 g/mol. The molecule has 1 aliphatic rings. The zero-order valence-electron chi connectivity index (χ0n) is 13.9. The lowest BCUT2D eigenvalue weighted by Gasteiger charge is -2.11. The SMILES string of the molecule is CN1C(=O)C(=Cc2ccc(OCc3ccc(I)cc3)cc2)N(C)C1=S. The van der Waals surface area contributed by atoms with Crippen LogP contribution in [0.4, 0.5) is 0 Å². The van der Waals surface area contributed by atoms with Gasteiger partial charge in [-0.25, -0.2) is 0 Å². The van der Waals surface area contributed by atoms with E-state index in [1.165, 1.54) is 8.47 Å². The molecule has 0 aromatic heterocycles. The third kappa shape index (κ3) is 4.01. The van der Waals surface area contributed by atoms with Gasteiger partial charge in [-0.15, -0.1) is 0 Å². The van der Waals surface area contributed by atoms with Crippen molar-refractivity contribution in [2.45, 2.75) is 6.61 Å². The molecule has 0 saturated carbocycles. The molecule has 0 atom stereocenters. The van der Waals surface area contributed by atoms with Crippen molar-refractivity contribution in [1.29, 1.82) is 0 Å². The van der Waals surface area contributed by atoms with E-state index in [9.17, 15) is 4.79 Å². The number of ether oxygens (including phenoxy) is 1. The number of amides is 1. The lowest BCUT2D eigenvalue weighted by molar-refractivity contribution is -0.121. The van der Waals surface area contributed by atoms with Gasteiger partial charge in [0.05, 0.1) is 0 Å². The second-order valence-corrected chi connectivity index (χ2v) is 7.33. The van der Waals surface area contributed by atoms with Crippen molar-refractivity contribution < 1.29 is 9.53 Å². The summed E-state index contributed by atoms with van der Waals surface area (Å²) in [5, 5.41) is 0.508. The van der Waals surface area contributed by atoms with E-state index in [-0.39, 0.29) is 5.91 Å². The summed E-state index contributed by atoms with van der Waals surface area (Å²) in [4.78, 5) is 15.4. The number of rotatable bonds is 4. The standard InChI is InChI=1S/C19H17IN2O2S/c1-21-17(18(23)22(2)19(21)25)11-13-5-9-16(10-6-13)24-12-14-3-7-15(20)8-4-14/h3-11H,12H2,1-2H3. The van der Waals surface area contributed by atoms with Crippen LogP contribution >= 0.6 is 34.8 Å². The van der Waals surface area contributed by atoms with Gasteiger partial charge in [0.2, 0.25) is 0 Å². The van der Waals surface area contributed by atoms with Crippen LogP contribution in [0, 0.1) is 3.57 Å². The summed E-state index contributed by atoms with van der Waals surface area (Å²) in [7, 11) is 3.48. The summed E-state index contributed by atoms with van der Waals surface area (Å²) in [6.45, 7) is 0.525. The molecular formula is C19H17IN2O2S. The molecule has 4 nitrogen and oxygen atoms in total. The van der Waals surface area contributed by atoms with E-state index < -0.39 is 0 Å². The molecule has 128 valence electrons. The predicted octanol–water partition coefficient (Wildman–Crippen LogP) is 3.90. The number of nitrogens with zero attached hydrogens (tertiary/aromatic N) is 2. The van der Waals surface area contributed by atoms with E-state index in [2.05, 4.69) is 46.9 Å². The second kappa shape index (κ2) is 7.53. The number of halogens is 1. The van der Waals surface area contributed by atoms with Crippen LogP contribution < -0.4 is 4.74 Å². The van der Waals surface area contributed by atoms with Crippen LogP contribution in [0.3, 0.4) is 0 Å². The number of hydrogen-bond acceptors (Lipinski definition) is 3. The molecule has 2 aromatic carbocycles. The number of hydrogen-bond donors (Lipinski definition) is 0. The number of benzene rings is 2. The Morgan fingerprint density at radius 3 is 2.24 bits per heavy atom. The third-order valence-corrected chi connectivity index (χ3v) is 5.23. The highest BCUT2D eigenvalue weighted by atomic mass is 127. The van der Waals surface area contributed by atoms with Gasteiger partial charge in [-0.3, -0.25) is 9.69 Å². The summed E-state index contributed by atoms with van der Waals surface area (Å²) in [5.41, 5.74) is 2.62. The van der Waals surface area contributed by atoms with Crippen LogP contribution in [-0.4, -0.2) is 34.9 Å². The quantitative estimate of drug-likeness (QED) is 0.391. The van der Waals surface area contributed by atoms with E-state index in [0.717, 1.165) is 16.9 Å². The van der Waals surface area contributed by atoms with Crippen LogP contribution in [0.1, 0.15) is 11.1 Å². The summed E-state index contributed by atoms with van der Waals surface area (Å²) < 4.78 is 7.01. The summed E-state index contributed by atoms with van der Waals surface area (Å²) in [6, 6.07) is 15.9. The fourth-order valence-electron chi connectivity index (χ4n) is 2.45. The first-order valence-electron chi connectivity index (χ1n) is 7.70. The van der Waals surface area contributed by atoms with E-state index in [1.807, 2.05) is 30.3 Å². The first-order chi connectivity index (χ1) is 12.0. The Balaban J connectivity index is 1.68. The first kappa shape index (κ1) is 17.9. The average Bonchev–Trinajstić information content (AvgIpc) is 2.80. The largest absolute Gasteiger partial charge is 0.489 e. The van der Waals surface area contributed by atoms with Gasteiger partial charge < -0.3 is 9.64 Å². The molecule has 0 unspecified atom stereocenters. The Morgan fingerprint density at radius 1 is 1.04 bits per heavy atom. The zero-order valence-corrected chi connectivity index (χ0v) is 16.9. The average molecular weight is 464 g/mol. The monoisotopic (exact) mass is 464 g/mol. The lowest BCUT2D eigenvalue weighted by atomic mass is 10.1. The van der Waals surface area contributed by atoms with Gasteiger partial charge in [0.25, 0.3) is 5.91 Å². The molecule has 25 heavy (non-hydrogen) atoms. The van der Waals surface area contributed by atoms with Gasteiger partial charge in [0.15, 0.2) is 5.11 Å². The Labute approximate surface area is 166 Å². The van der Waals surface area contributed by atoms with E-state index in [1.54, 1.807) is 19.0 Å². The Hall–Kier alpha value is -1.93. The van der Waals surface area contributed by atoms with Gasteiger partial charge in [0.1, 0.15) is 18.1 Å². The van der Waals surface area contributed by atoms with Crippen molar-refractivity contribution in [1.82, 2.24) is 9.80 Å². The fourth-order valence-corrected chi connectivity index (χ4v) is 3.00. The number of carbonyl (C=O) groups excluding carboxylic acids is 1. The molecule has 1 heterocycles. The molecule has 2 aromatic rings. The third-order valence-electron chi connectivity index (χ3n) is 3.96. The van der Waals surface area contributed by atoms with E-state index in [0.29, 0.717) is 17.4 Å². The van der Waals surface area contributed by atoms with Crippen LogP contribution in [0.15, 0.2) is 54.2 Å².